The second kappa shape index (κ2) is 6.73. The molecule has 0 aromatic heterocycles. The van der Waals surface area contributed by atoms with Crippen molar-refractivity contribution in [1.82, 2.24) is 0 Å². The van der Waals surface area contributed by atoms with Gasteiger partial charge in [0.1, 0.15) is 21.9 Å². The van der Waals surface area contributed by atoms with Gasteiger partial charge in [0.15, 0.2) is 5.78 Å². The first-order valence-corrected chi connectivity index (χ1v) is 6.95. The van der Waals surface area contributed by atoms with Crippen molar-refractivity contribution < 1.29 is 18.0 Å². The van der Waals surface area contributed by atoms with Crippen molar-refractivity contribution in [3.8, 4) is 0 Å². The lowest BCUT2D eigenvalue weighted by Gasteiger charge is -2.10. The summed E-state index contributed by atoms with van der Waals surface area (Å²) in [6.07, 6.45) is 0. The summed E-state index contributed by atoms with van der Waals surface area (Å²) < 4.78 is 40.1. The van der Waals surface area contributed by atoms with Gasteiger partial charge in [0.2, 0.25) is 0 Å². The molecule has 114 valence electrons. The van der Waals surface area contributed by atoms with E-state index in [-0.39, 0.29) is 5.56 Å². The monoisotopic (exact) mass is 364 g/mol. The first-order chi connectivity index (χ1) is 10.3. The van der Waals surface area contributed by atoms with Gasteiger partial charge in [0.05, 0.1) is 11.1 Å². The lowest BCUT2D eigenvalue weighted by Crippen LogP contribution is -2.08. The second-order valence-electron chi connectivity index (χ2n) is 4.22. The largest absolute Gasteiger partial charge is 0.288 e. The molecule has 0 saturated carbocycles. The molecule has 0 aliphatic rings. The Balaban J connectivity index is 2.61. The van der Waals surface area contributed by atoms with E-state index in [1.807, 2.05) is 0 Å². The third kappa shape index (κ3) is 3.46. The predicted molar refractivity (Wildman–Crippen MR) is 80.7 cm³/mol. The van der Waals surface area contributed by atoms with Crippen LogP contribution in [0.5, 0.6) is 0 Å². The Morgan fingerprint density at radius 1 is 0.909 bits per heavy atom. The smallest absolute Gasteiger partial charge is 0.196 e. The summed E-state index contributed by atoms with van der Waals surface area (Å²) in [7, 11) is 0. The van der Waals surface area contributed by atoms with Gasteiger partial charge in [-0.05, 0) is 24.3 Å². The molecule has 0 atom stereocenters. The zero-order valence-electron chi connectivity index (χ0n) is 10.6. The first-order valence-electron chi connectivity index (χ1n) is 5.81. The zero-order chi connectivity index (χ0) is 16.4. The fourth-order valence-corrected chi connectivity index (χ4v) is 2.31. The van der Waals surface area contributed by atoms with Crippen LogP contribution in [0.25, 0.3) is 5.57 Å². The van der Waals surface area contributed by atoms with Gasteiger partial charge in [-0.15, -0.1) is 0 Å². The molecule has 2 aromatic carbocycles. The lowest BCUT2D eigenvalue weighted by atomic mass is 9.97. The highest BCUT2D eigenvalue weighted by atomic mass is 35.5. The van der Waals surface area contributed by atoms with Gasteiger partial charge in [0.25, 0.3) is 0 Å². The third-order valence-corrected chi connectivity index (χ3v) is 3.41. The summed E-state index contributed by atoms with van der Waals surface area (Å²) in [6, 6.07) is 6.41. The number of allylic oxidation sites excluding steroid dienone is 1. The Bertz CT molecular complexity index is 743. The molecule has 0 bridgehead atoms. The van der Waals surface area contributed by atoms with Crippen molar-refractivity contribution in [2.75, 3.05) is 0 Å². The standard InChI is InChI=1S/C15H6Cl3F3O/c16-8-3-1-7(2-4-8)14(22)13(15(17)18)12-10(20)5-9(19)6-11(12)21/h1-6H. The van der Waals surface area contributed by atoms with E-state index >= 15 is 0 Å². The fraction of sp³-hybridized carbons (Fsp3) is 0. The zero-order valence-corrected chi connectivity index (χ0v) is 12.9. The van der Waals surface area contributed by atoms with Gasteiger partial charge in [-0.25, -0.2) is 13.2 Å². The molecule has 0 aliphatic carbocycles. The maximum Gasteiger partial charge on any atom is 0.196 e. The molecule has 7 heteroatoms. The quantitative estimate of drug-likeness (QED) is 0.497. The molecular weight excluding hydrogens is 360 g/mol. The maximum atomic E-state index is 13.9. The Hall–Kier alpha value is -1.49. The molecule has 0 heterocycles. The summed E-state index contributed by atoms with van der Waals surface area (Å²) in [5.74, 6) is -4.51. The number of hydrogen-bond acceptors (Lipinski definition) is 1. The van der Waals surface area contributed by atoms with Crippen molar-refractivity contribution in [2.45, 2.75) is 0 Å². The number of hydrogen-bond donors (Lipinski definition) is 0. The summed E-state index contributed by atoms with van der Waals surface area (Å²) in [4.78, 5) is 12.4. The Labute approximate surface area is 138 Å². The van der Waals surface area contributed by atoms with E-state index in [0.29, 0.717) is 17.2 Å². The minimum Gasteiger partial charge on any atom is -0.288 e. The SMILES string of the molecule is O=C(C(=C(Cl)Cl)c1c(F)cc(F)cc1F)c1ccc(Cl)cc1. The molecular formula is C15H6Cl3F3O. The van der Waals surface area contributed by atoms with Gasteiger partial charge >= 0.3 is 0 Å². The van der Waals surface area contributed by atoms with Crippen molar-refractivity contribution in [1.29, 1.82) is 0 Å². The van der Waals surface area contributed by atoms with E-state index in [1.165, 1.54) is 24.3 Å². The summed E-state index contributed by atoms with van der Waals surface area (Å²) in [5.41, 5.74) is -1.32. The molecule has 2 rings (SSSR count). The van der Waals surface area contributed by atoms with E-state index in [2.05, 4.69) is 0 Å². The summed E-state index contributed by atoms with van der Waals surface area (Å²) in [6.45, 7) is 0. The number of Topliss-reactive ketones (excluding diaryl/α,β-unsaturated/α-hetero) is 1. The van der Waals surface area contributed by atoms with E-state index in [1.54, 1.807) is 0 Å². The van der Waals surface area contributed by atoms with Crippen LogP contribution >= 0.6 is 34.8 Å². The van der Waals surface area contributed by atoms with Crippen molar-refractivity contribution >= 4 is 46.2 Å². The molecule has 0 amide bonds. The van der Waals surface area contributed by atoms with Crippen LogP contribution in [0.15, 0.2) is 40.9 Å². The number of halogens is 6. The van der Waals surface area contributed by atoms with Crippen LogP contribution in [0.4, 0.5) is 13.2 Å². The lowest BCUT2D eigenvalue weighted by molar-refractivity contribution is 0.105. The van der Waals surface area contributed by atoms with Crippen LogP contribution in [0.1, 0.15) is 15.9 Å². The van der Waals surface area contributed by atoms with Gasteiger partial charge in [-0.2, -0.15) is 0 Å². The Kier molecular flexibility index (Phi) is 5.16. The molecule has 0 saturated heterocycles. The van der Waals surface area contributed by atoms with E-state index < -0.39 is 38.9 Å². The Morgan fingerprint density at radius 3 is 1.86 bits per heavy atom. The third-order valence-electron chi connectivity index (χ3n) is 2.78. The average Bonchev–Trinajstić information content (AvgIpc) is 2.42. The number of benzene rings is 2. The molecule has 0 radical (unpaired) electrons. The van der Waals surface area contributed by atoms with Crippen LogP contribution in [0.3, 0.4) is 0 Å². The van der Waals surface area contributed by atoms with Gasteiger partial charge in [0, 0.05) is 22.7 Å². The van der Waals surface area contributed by atoms with Crippen molar-refractivity contribution in [3.05, 3.63) is 74.5 Å². The second-order valence-corrected chi connectivity index (χ2v) is 5.60. The van der Waals surface area contributed by atoms with Crippen LogP contribution in [0.2, 0.25) is 5.02 Å². The number of carbonyl (C=O) groups is 1. The minimum absolute atomic E-state index is 0.0707. The van der Waals surface area contributed by atoms with E-state index in [4.69, 9.17) is 34.8 Å². The van der Waals surface area contributed by atoms with Gasteiger partial charge in [-0.3, -0.25) is 4.79 Å². The molecule has 0 spiro atoms. The topological polar surface area (TPSA) is 17.1 Å². The first kappa shape index (κ1) is 16.9. The van der Waals surface area contributed by atoms with Crippen molar-refractivity contribution in [2.24, 2.45) is 0 Å². The normalized spacial score (nSPS) is 10.5. The maximum absolute atomic E-state index is 13.9. The number of ketones is 1. The fourth-order valence-electron chi connectivity index (χ4n) is 1.82. The summed E-state index contributed by atoms with van der Waals surface area (Å²) in [5, 5.41) is 0.373. The molecule has 1 nitrogen and oxygen atoms in total. The molecule has 0 fully saturated rings. The van der Waals surface area contributed by atoms with Crippen LogP contribution in [0, 0.1) is 17.5 Å². The molecule has 0 unspecified atom stereocenters. The molecule has 2 aromatic rings. The highest BCUT2D eigenvalue weighted by Gasteiger charge is 2.25. The predicted octanol–water partition coefficient (Wildman–Crippen LogP) is 5.79. The highest BCUT2D eigenvalue weighted by Crippen LogP contribution is 2.32. The number of rotatable bonds is 3. The van der Waals surface area contributed by atoms with Crippen LogP contribution < -0.4 is 0 Å². The summed E-state index contributed by atoms with van der Waals surface area (Å²) >= 11 is 16.9. The van der Waals surface area contributed by atoms with E-state index in [9.17, 15) is 18.0 Å². The molecule has 22 heavy (non-hydrogen) atoms. The number of carbonyl (C=O) groups excluding carboxylic acids is 1. The van der Waals surface area contributed by atoms with Gasteiger partial charge < -0.3 is 0 Å². The average molecular weight is 366 g/mol. The molecule has 0 aliphatic heterocycles. The van der Waals surface area contributed by atoms with Crippen molar-refractivity contribution in [3.63, 3.8) is 0 Å². The highest BCUT2D eigenvalue weighted by molar-refractivity contribution is 6.62. The van der Waals surface area contributed by atoms with Gasteiger partial charge in [-0.1, -0.05) is 34.8 Å². The Morgan fingerprint density at radius 2 is 1.41 bits per heavy atom. The molecule has 0 N–H and O–H groups in total. The van der Waals surface area contributed by atoms with E-state index in [0.717, 1.165) is 0 Å². The minimum atomic E-state index is -1.28. The van der Waals surface area contributed by atoms with Crippen LogP contribution in [-0.4, -0.2) is 5.78 Å². The van der Waals surface area contributed by atoms with Crippen LogP contribution in [-0.2, 0) is 0 Å².